The lowest BCUT2D eigenvalue weighted by atomic mass is 10.3. The minimum Gasteiger partial charge on any atom is -0.327 e. The van der Waals surface area contributed by atoms with Gasteiger partial charge in [0, 0.05) is 18.3 Å². The van der Waals surface area contributed by atoms with Gasteiger partial charge < -0.3 is 4.57 Å². The zero-order valence-electron chi connectivity index (χ0n) is 6.58. The lowest BCUT2D eigenvalue weighted by molar-refractivity contribution is -0.119. The fourth-order valence-electron chi connectivity index (χ4n) is 0.792. The molecule has 0 aliphatic rings. The Morgan fingerprint density at radius 2 is 2.55 bits per heavy atom. The van der Waals surface area contributed by atoms with Crippen LogP contribution >= 0.6 is 0 Å². The van der Waals surface area contributed by atoms with E-state index in [1.807, 2.05) is 6.92 Å². The minimum absolute atomic E-state index is 0.202. The van der Waals surface area contributed by atoms with Crippen molar-refractivity contribution in [2.24, 2.45) is 0 Å². The molecule has 1 rings (SSSR count). The summed E-state index contributed by atoms with van der Waals surface area (Å²) in [5.74, 6) is 0.202. The van der Waals surface area contributed by atoms with Crippen LogP contribution in [0, 0.1) is 6.92 Å². The first-order chi connectivity index (χ1) is 5.24. The van der Waals surface area contributed by atoms with E-state index in [9.17, 15) is 4.79 Å². The van der Waals surface area contributed by atoms with Gasteiger partial charge in [-0.25, -0.2) is 4.98 Å². The molecular formula is C8H11N2O. The number of aromatic nitrogens is 2. The van der Waals surface area contributed by atoms with E-state index in [4.69, 9.17) is 0 Å². The van der Waals surface area contributed by atoms with Gasteiger partial charge in [-0.2, -0.15) is 0 Å². The van der Waals surface area contributed by atoms with Gasteiger partial charge in [-0.3, -0.25) is 4.79 Å². The maximum atomic E-state index is 11.0. The van der Waals surface area contributed by atoms with Crippen molar-refractivity contribution in [2.75, 3.05) is 0 Å². The topological polar surface area (TPSA) is 34.9 Å². The molecule has 0 saturated carbocycles. The number of imidazole rings is 1. The second kappa shape index (κ2) is 3.32. The number of carbonyl (C=O) groups excluding carboxylic acids is 1. The molecule has 1 heterocycles. The summed E-state index contributed by atoms with van der Waals surface area (Å²) in [6.07, 6.45) is 3.83. The second-order valence-electron chi connectivity index (χ2n) is 2.41. The summed E-state index contributed by atoms with van der Waals surface area (Å²) in [5, 5.41) is 0. The average Bonchev–Trinajstić information content (AvgIpc) is 2.37. The van der Waals surface area contributed by atoms with E-state index in [2.05, 4.69) is 11.9 Å². The number of hydrogen-bond acceptors (Lipinski definition) is 2. The normalized spacial score (nSPS) is 10.0. The third-order valence-electron chi connectivity index (χ3n) is 1.54. The molecule has 3 nitrogen and oxygen atoms in total. The van der Waals surface area contributed by atoms with Crippen LogP contribution in [0.1, 0.15) is 19.0 Å². The van der Waals surface area contributed by atoms with Gasteiger partial charge >= 0.3 is 0 Å². The van der Waals surface area contributed by atoms with Gasteiger partial charge in [0.25, 0.3) is 0 Å². The molecule has 0 aliphatic heterocycles. The quantitative estimate of drug-likeness (QED) is 0.647. The Morgan fingerprint density at radius 3 is 3.00 bits per heavy atom. The van der Waals surface area contributed by atoms with Crippen LogP contribution in [0.15, 0.2) is 12.5 Å². The Balaban J connectivity index is 2.64. The molecule has 0 amide bonds. The minimum atomic E-state index is 0.202. The van der Waals surface area contributed by atoms with Gasteiger partial charge in [0.05, 0.1) is 12.9 Å². The van der Waals surface area contributed by atoms with E-state index >= 15 is 0 Å². The number of ketones is 1. The van der Waals surface area contributed by atoms with Crippen LogP contribution in [0.25, 0.3) is 0 Å². The zero-order valence-corrected chi connectivity index (χ0v) is 6.58. The van der Waals surface area contributed by atoms with E-state index in [0.717, 1.165) is 5.69 Å². The monoisotopic (exact) mass is 151 g/mol. The predicted molar refractivity (Wildman–Crippen MR) is 42.0 cm³/mol. The highest BCUT2D eigenvalue weighted by Gasteiger charge is 2.01. The summed E-state index contributed by atoms with van der Waals surface area (Å²) in [7, 11) is 0. The third kappa shape index (κ3) is 1.90. The highest BCUT2D eigenvalue weighted by molar-refractivity contribution is 5.77. The molecule has 0 unspecified atom stereocenters. The number of Topliss-reactive ketones (excluding diaryl/α,β-unsaturated/α-hetero) is 1. The zero-order chi connectivity index (χ0) is 8.27. The average molecular weight is 151 g/mol. The van der Waals surface area contributed by atoms with Crippen molar-refractivity contribution in [1.82, 2.24) is 9.55 Å². The SMILES string of the molecule is [CH2]c1cncn1CC(=O)CC. The van der Waals surface area contributed by atoms with Crippen LogP contribution in [0.5, 0.6) is 0 Å². The number of hydrogen-bond donors (Lipinski definition) is 0. The fourth-order valence-corrected chi connectivity index (χ4v) is 0.792. The molecule has 0 bridgehead atoms. The van der Waals surface area contributed by atoms with Crippen LogP contribution in [-0.2, 0) is 11.3 Å². The summed E-state index contributed by atoms with van der Waals surface area (Å²) < 4.78 is 1.74. The summed E-state index contributed by atoms with van der Waals surface area (Å²) in [6.45, 7) is 5.96. The number of carbonyl (C=O) groups is 1. The van der Waals surface area contributed by atoms with Gasteiger partial charge in [-0.15, -0.1) is 0 Å². The van der Waals surface area contributed by atoms with Gasteiger partial charge in [0.2, 0.25) is 0 Å². The van der Waals surface area contributed by atoms with Crippen LogP contribution in [0.3, 0.4) is 0 Å². The van der Waals surface area contributed by atoms with E-state index in [0.29, 0.717) is 13.0 Å². The predicted octanol–water partition coefficient (Wildman–Crippen LogP) is 1.04. The van der Waals surface area contributed by atoms with Crippen molar-refractivity contribution in [3.63, 3.8) is 0 Å². The number of rotatable bonds is 3. The maximum Gasteiger partial charge on any atom is 0.152 e. The number of nitrogens with zero attached hydrogens (tertiary/aromatic N) is 2. The molecule has 0 saturated heterocycles. The molecule has 3 heteroatoms. The summed E-state index contributed by atoms with van der Waals surface area (Å²) >= 11 is 0. The molecule has 0 aromatic carbocycles. The standard InChI is InChI=1S/C8H11N2O/c1-3-8(11)5-10-6-9-4-7(10)2/h4,6H,2-3,5H2,1H3. The molecule has 0 atom stereocenters. The van der Waals surface area contributed by atoms with Gasteiger partial charge in [0.15, 0.2) is 5.78 Å². The van der Waals surface area contributed by atoms with Crippen LogP contribution in [0.2, 0.25) is 0 Å². The summed E-state index contributed by atoms with van der Waals surface area (Å²) in [6, 6.07) is 0. The Labute approximate surface area is 66.1 Å². The largest absolute Gasteiger partial charge is 0.327 e. The van der Waals surface area contributed by atoms with Gasteiger partial charge in [-0.1, -0.05) is 6.92 Å². The molecule has 0 N–H and O–H groups in total. The van der Waals surface area contributed by atoms with E-state index in [1.54, 1.807) is 17.1 Å². The van der Waals surface area contributed by atoms with E-state index in [-0.39, 0.29) is 5.78 Å². The highest BCUT2D eigenvalue weighted by Crippen LogP contribution is 1.97. The van der Waals surface area contributed by atoms with Gasteiger partial charge in [0.1, 0.15) is 0 Å². The summed E-state index contributed by atoms with van der Waals surface area (Å²) in [5.41, 5.74) is 0.784. The first-order valence-electron chi connectivity index (χ1n) is 3.57. The van der Waals surface area contributed by atoms with Crippen molar-refractivity contribution >= 4 is 5.78 Å². The molecule has 0 spiro atoms. The van der Waals surface area contributed by atoms with Crippen molar-refractivity contribution in [3.05, 3.63) is 25.1 Å². The van der Waals surface area contributed by atoms with Crippen molar-refractivity contribution in [1.29, 1.82) is 0 Å². The summed E-state index contributed by atoms with van der Waals surface area (Å²) in [4.78, 5) is 14.8. The Morgan fingerprint density at radius 1 is 1.82 bits per heavy atom. The molecule has 0 fully saturated rings. The molecule has 1 aromatic rings. The molecule has 11 heavy (non-hydrogen) atoms. The van der Waals surface area contributed by atoms with Crippen molar-refractivity contribution in [3.8, 4) is 0 Å². The first kappa shape index (κ1) is 7.98. The molecule has 1 aromatic heterocycles. The van der Waals surface area contributed by atoms with Crippen LogP contribution in [0.4, 0.5) is 0 Å². The maximum absolute atomic E-state index is 11.0. The first-order valence-corrected chi connectivity index (χ1v) is 3.57. The van der Waals surface area contributed by atoms with Crippen LogP contribution in [-0.4, -0.2) is 15.3 Å². The van der Waals surface area contributed by atoms with E-state index < -0.39 is 0 Å². The van der Waals surface area contributed by atoms with Crippen molar-refractivity contribution < 1.29 is 4.79 Å². The van der Waals surface area contributed by atoms with Crippen molar-refractivity contribution in [2.45, 2.75) is 19.9 Å². The Kier molecular flexibility index (Phi) is 2.41. The Hall–Kier alpha value is -1.12. The highest BCUT2D eigenvalue weighted by atomic mass is 16.1. The molecule has 1 radical (unpaired) electrons. The Bertz CT molecular complexity index is 252. The van der Waals surface area contributed by atoms with E-state index in [1.165, 1.54) is 0 Å². The fraction of sp³-hybridized carbons (Fsp3) is 0.375. The van der Waals surface area contributed by atoms with Gasteiger partial charge in [-0.05, 0) is 6.92 Å². The molecular weight excluding hydrogens is 140 g/mol. The smallest absolute Gasteiger partial charge is 0.152 e. The lowest BCUT2D eigenvalue weighted by Crippen LogP contribution is -2.08. The molecule has 0 aliphatic carbocycles. The molecule has 59 valence electrons. The lowest BCUT2D eigenvalue weighted by Gasteiger charge is -2.00. The third-order valence-corrected chi connectivity index (χ3v) is 1.54. The second-order valence-corrected chi connectivity index (χ2v) is 2.41. The van der Waals surface area contributed by atoms with Crippen LogP contribution < -0.4 is 0 Å².